The predicted octanol–water partition coefficient (Wildman–Crippen LogP) is 5.16. The van der Waals surface area contributed by atoms with E-state index >= 15 is 0 Å². The van der Waals surface area contributed by atoms with Crippen LogP contribution in [0.25, 0.3) is 5.57 Å². The molecule has 0 radical (unpaired) electrons. The normalized spacial score (nSPS) is 13.7. The summed E-state index contributed by atoms with van der Waals surface area (Å²) in [4.78, 5) is 30.5. The number of halogens is 1. The number of benzene rings is 3. The number of carbonyl (C=O) groups is 2. The van der Waals surface area contributed by atoms with E-state index in [0.717, 1.165) is 5.56 Å². The van der Waals surface area contributed by atoms with Gasteiger partial charge in [-0.2, -0.15) is 0 Å². The maximum atomic E-state index is 13.7. The van der Waals surface area contributed by atoms with Crippen molar-refractivity contribution >= 4 is 34.7 Å². The van der Waals surface area contributed by atoms with E-state index in [2.05, 4.69) is 0 Å². The van der Waals surface area contributed by atoms with Crippen LogP contribution in [0.2, 0.25) is 5.02 Å². The molecule has 162 valence electrons. The van der Waals surface area contributed by atoms with Gasteiger partial charge in [0, 0.05) is 23.7 Å². The van der Waals surface area contributed by atoms with Gasteiger partial charge in [0.15, 0.2) is 0 Å². The third-order valence-electron chi connectivity index (χ3n) is 5.42. The van der Waals surface area contributed by atoms with Gasteiger partial charge in [0.1, 0.15) is 11.4 Å². The number of ether oxygens (including phenoxy) is 1. The Morgan fingerprint density at radius 3 is 2.31 bits per heavy atom. The Hall–Kier alpha value is -3.57. The zero-order valence-electron chi connectivity index (χ0n) is 17.9. The van der Waals surface area contributed by atoms with E-state index in [1.807, 2.05) is 54.3 Å². The van der Waals surface area contributed by atoms with Gasteiger partial charge in [0.05, 0.1) is 18.4 Å². The fraction of sp³-hybridized carbons (Fsp3) is 0.154. The largest absolute Gasteiger partial charge is 0.496 e. The number of rotatable bonds is 7. The van der Waals surface area contributed by atoms with Crippen LogP contribution in [0.5, 0.6) is 5.75 Å². The molecule has 6 heteroatoms. The summed E-state index contributed by atoms with van der Waals surface area (Å²) in [6.45, 7) is 3.01. The first-order valence-electron chi connectivity index (χ1n) is 10.4. The van der Waals surface area contributed by atoms with E-state index in [1.165, 1.54) is 4.90 Å². The average Bonchev–Trinajstić information content (AvgIpc) is 3.07. The zero-order valence-corrected chi connectivity index (χ0v) is 18.7. The number of hydrogen-bond donors (Lipinski definition) is 0. The lowest BCUT2D eigenvalue weighted by atomic mass is 10.0. The molecule has 1 heterocycles. The van der Waals surface area contributed by atoms with Crippen molar-refractivity contribution in [1.29, 1.82) is 0 Å². The Balaban J connectivity index is 1.88. The topological polar surface area (TPSA) is 49.9 Å². The van der Waals surface area contributed by atoms with Gasteiger partial charge < -0.3 is 9.64 Å². The molecule has 32 heavy (non-hydrogen) atoms. The van der Waals surface area contributed by atoms with Gasteiger partial charge in [-0.05, 0) is 36.8 Å². The molecule has 0 saturated carbocycles. The van der Waals surface area contributed by atoms with Crippen molar-refractivity contribution in [1.82, 2.24) is 4.90 Å². The number of carbonyl (C=O) groups excluding carboxylic acids is 2. The predicted molar refractivity (Wildman–Crippen MR) is 126 cm³/mol. The summed E-state index contributed by atoms with van der Waals surface area (Å²) in [5.41, 5.74) is 2.74. The van der Waals surface area contributed by atoms with Crippen LogP contribution < -0.4 is 9.64 Å². The number of methoxy groups -OCH3 is 1. The van der Waals surface area contributed by atoms with Crippen LogP contribution in [0, 0.1) is 0 Å². The number of nitrogens with zero attached hydrogens (tertiary/aromatic N) is 2. The van der Waals surface area contributed by atoms with Gasteiger partial charge in [0.25, 0.3) is 11.8 Å². The summed E-state index contributed by atoms with van der Waals surface area (Å²) in [5.74, 6) is -0.246. The summed E-state index contributed by atoms with van der Waals surface area (Å²) in [5, 5.41) is 0.451. The molecule has 0 saturated heterocycles. The van der Waals surface area contributed by atoms with Gasteiger partial charge in [-0.15, -0.1) is 0 Å². The molecule has 0 N–H and O–H groups in total. The molecule has 3 aromatic carbocycles. The van der Waals surface area contributed by atoms with Crippen LogP contribution in [0.3, 0.4) is 0 Å². The number of likely N-dealkylation sites (N-methyl/N-ethyl adjacent to an activating group) is 1. The van der Waals surface area contributed by atoms with Crippen LogP contribution in [0.15, 0.2) is 84.6 Å². The molecular weight excluding hydrogens is 424 g/mol. The fourth-order valence-corrected chi connectivity index (χ4v) is 4.09. The summed E-state index contributed by atoms with van der Waals surface area (Å²) >= 11 is 6.16. The third-order valence-corrected chi connectivity index (χ3v) is 5.65. The van der Waals surface area contributed by atoms with E-state index in [9.17, 15) is 9.59 Å². The average molecular weight is 447 g/mol. The van der Waals surface area contributed by atoms with Gasteiger partial charge in [-0.3, -0.25) is 9.59 Å². The second-order valence-corrected chi connectivity index (χ2v) is 7.79. The van der Waals surface area contributed by atoms with Crippen molar-refractivity contribution < 1.29 is 14.3 Å². The first-order chi connectivity index (χ1) is 15.5. The van der Waals surface area contributed by atoms with Gasteiger partial charge in [-0.1, -0.05) is 66.2 Å². The SMILES string of the molecule is CCN(Cc1ccccc1)C1=C(c2ccccc2OC)C(=O)N(c2cccc(Cl)c2)C1=O. The zero-order chi connectivity index (χ0) is 22.7. The molecule has 2 amide bonds. The van der Waals surface area contributed by atoms with Crippen LogP contribution in [0.4, 0.5) is 5.69 Å². The quantitative estimate of drug-likeness (QED) is 0.471. The number of amides is 2. The van der Waals surface area contributed by atoms with Crippen LogP contribution >= 0.6 is 11.6 Å². The molecule has 4 rings (SSSR count). The third kappa shape index (κ3) is 3.99. The van der Waals surface area contributed by atoms with Crippen molar-refractivity contribution in [3.63, 3.8) is 0 Å². The highest BCUT2D eigenvalue weighted by Crippen LogP contribution is 2.39. The maximum absolute atomic E-state index is 13.7. The Labute approximate surface area is 192 Å². The number of anilines is 1. The lowest BCUT2D eigenvalue weighted by Crippen LogP contribution is -2.35. The van der Waals surface area contributed by atoms with Crippen LogP contribution in [-0.2, 0) is 16.1 Å². The highest BCUT2D eigenvalue weighted by Gasteiger charge is 2.43. The van der Waals surface area contributed by atoms with Gasteiger partial charge in [-0.25, -0.2) is 4.90 Å². The molecule has 5 nitrogen and oxygen atoms in total. The molecule has 0 unspecified atom stereocenters. The summed E-state index contributed by atoms with van der Waals surface area (Å²) in [7, 11) is 1.55. The first-order valence-corrected chi connectivity index (χ1v) is 10.7. The van der Waals surface area contributed by atoms with Crippen molar-refractivity contribution in [2.75, 3.05) is 18.6 Å². The highest BCUT2D eigenvalue weighted by atomic mass is 35.5. The van der Waals surface area contributed by atoms with Crippen molar-refractivity contribution in [3.8, 4) is 5.75 Å². The Kier molecular flexibility index (Phi) is 6.28. The number of imide groups is 1. The molecule has 0 spiro atoms. The second kappa shape index (κ2) is 9.28. The Bertz CT molecular complexity index is 1190. The van der Waals surface area contributed by atoms with E-state index < -0.39 is 5.91 Å². The summed E-state index contributed by atoms with van der Waals surface area (Å²) in [6, 6.07) is 23.9. The van der Waals surface area contributed by atoms with Gasteiger partial charge >= 0.3 is 0 Å². The molecule has 1 aliphatic rings. The smallest absolute Gasteiger partial charge is 0.282 e. The van der Waals surface area contributed by atoms with Crippen molar-refractivity contribution in [2.45, 2.75) is 13.5 Å². The lowest BCUT2D eigenvalue weighted by molar-refractivity contribution is -0.120. The highest BCUT2D eigenvalue weighted by molar-refractivity contribution is 6.46. The molecule has 3 aromatic rings. The number of hydrogen-bond acceptors (Lipinski definition) is 4. The minimum Gasteiger partial charge on any atom is -0.496 e. The lowest BCUT2D eigenvalue weighted by Gasteiger charge is -2.25. The maximum Gasteiger partial charge on any atom is 0.282 e. The van der Waals surface area contributed by atoms with Crippen molar-refractivity contribution in [2.24, 2.45) is 0 Å². The fourth-order valence-electron chi connectivity index (χ4n) is 3.91. The van der Waals surface area contributed by atoms with Crippen LogP contribution in [-0.4, -0.2) is 30.4 Å². The Morgan fingerprint density at radius 2 is 1.62 bits per heavy atom. The summed E-state index contributed by atoms with van der Waals surface area (Å²) in [6.07, 6.45) is 0. The number of para-hydroxylation sites is 1. The van der Waals surface area contributed by atoms with E-state index in [1.54, 1.807) is 43.5 Å². The van der Waals surface area contributed by atoms with E-state index in [-0.39, 0.29) is 5.91 Å². The molecule has 0 atom stereocenters. The molecule has 1 aliphatic heterocycles. The standard InChI is InChI=1S/C26H23ClN2O3/c1-3-28(17-18-10-5-4-6-11-18)24-23(21-14-7-8-15-22(21)32-2)25(30)29(26(24)31)20-13-9-12-19(27)16-20/h4-16H,3,17H2,1-2H3. The van der Waals surface area contributed by atoms with Crippen molar-refractivity contribution in [3.05, 3.63) is 101 Å². The molecule has 0 bridgehead atoms. The molecule has 0 fully saturated rings. The minimum absolute atomic E-state index is 0.324. The monoisotopic (exact) mass is 446 g/mol. The van der Waals surface area contributed by atoms with Crippen LogP contribution in [0.1, 0.15) is 18.1 Å². The Morgan fingerprint density at radius 1 is 0.906 bits per heavy atom. The molecular formula is C26H23ClN2O3. The van der Waals surface area contributed by atoms with E-state index in [4.69, 9.17) is 16.3 Å². The molecule has 0 aromatic heterocycles. The second-order valence-electron chi connectivity index (χ2n) is 7.35. The van der Waals surface area contributed by atoms with Gasteiger partial charge in [0.2, 0.25) is 0 Å². The summed E-state index contributed by atoms with van der Waals surface area (Å²) < 4.78 is 5.53. The van der Waals surface area contributed by atoms with E-state index in [0.29, 0.717) is 46.4 Å². The minimum atomic E-state index is -0.400. The first kappa shape index (κ1) is 21.7. The molecule has 0 aliphatic carbocycles.